The molecule has 0 saturated heterocycles. The van der Waals surface area contributed by atoms with Crippen LogP contribution >= 0.6 is 15.9 Å². The molecule has 1 aliphatic rings. The Labute approximate surface area is 136 Å². The summed E-state index contributed by atoms with van der Waals surface area (Å²) in [6.07, 6.45) is 9.50. The van der Waals surface area contributed by atoms with E-state index in [1.165, 1.54) is 24.0 Å². The first-order chi connectivity index (χ1) is 10.3. The van der Waals surface area contributed by atoms with Gasteiger partial charge in [-0.25, -0.2) is 0 Å². The van der Waals surface area contributed by atoms with Gasteiger partial charge >= 0.3 is 0 Å². The number of benzene rings is 2. The van der Waals surface area contributed by atoms with Crippen LogP contribution in [0.1, 0.15) is 24.0 Å². The van der Waals surface area contributed by atoms with Gasteiger partial charge in [-0.2, -0.15) is 0 Å². The normalized spacial score (nSPS) is 20.3. The predicted octanol–water partition coefficient (Wildman–Crippen LogP) is 5.57. The predicted molar refractivity (Wildman–Crippen MR) is 93.8 cm³/mol. The molecule has 1 heteroatoms. The Morgan fingerprint density at radius 2 is 1.38 bits per heavy atom. The molecule has 0 saturated carbocycles. The van der Waals surface area contributed by atoms with Crippen LogP contribution in [0.25, 0.3) is 0 Å². The van der Waals surface area contributed by atoms with E-state index >= 15 is 0 Å². The third-order valence-corrected chi connectivity index (χ3v) is 5.14. The quantitative estimate of drug-likeness (QED) is 0.504. The van der Waals surface area contributed by atoms with Gasteiger partial charge in [0, 0.05) is 4.83 Å². The van der Waals surface area contributed by atoms with Crippen molar-refractivity contribution in [1.82, 2.24) is 0 Å². The zero-order valence-corrected chi connectivity index (χ0v) is 13.8. The monoisotopic (exact) mass is 340 g/mol. The molecular formula is C20H21Br. The molecule has 0 bridgehead atoms. The van der Waals surface area contributed by atoms with E-state index in [-0.39, 0.29) is 5.41 Å². The summed E-state index contributed by atoms with van der Waals surface area (Å²) >= 11 is 3.72. The Hall–Kier alpha value is -1.34. The second-order valence-corrected chi connectivity index (χ2v) is 7.28. The zero-order valence-electron chi connectivity index (χ0n) is 12.2. The Bertz CT molecular complexity index is 544. The van der Waals surface area contributed by atoms with E-state index in [0.29, 0.717) is 4.83 Å². The molecule has 0 N–H and O–H groups in total. The van der Waals surface area contributed by atoms with Gasteiger partial charge in [-0.15, -0.1) is 0 Å². The third-order valence-electron chi connectivity index (χ3n) is 4.37. The number of hydrogen-bond donors (Lipinski definition) is 0. The van der Waals surface area contributed by atoms with Gasteiger partial charge in [0.25, 0.3) is 0 Å². The van der Waals surface area contributed by atoms with Crippen molar-refractivity contribution >= 4 is 15.9 Å². The summed E-state index contributed by atoms with van der Waals surface area (Å²) in [4.78, 5) is 0.539. The van der Waals surface area contributed by atoms with Crippen molar-refractivity contribution in [2.45, 2.75) is 30.5 Å². The van der Waals surface area contributed by atoms with Crippen LogP contribution in [-0.2, 0) is 12.8 Å². The average Bonchev–Trinajstić information content (AvgIpc) is 2.52. The van der Waals surface area contributed by atoms with Crippen molar-refractivity contribution < 1.29 is 0 Å². The Morgan fingerprint density at radius 3 is 1.81 bits per heavy atom. The number of alkyl halides is 1. The van der Waals surface area contributed by atoms with Crippen LogP contribution in [0.2, 0.25) is 0 Å². The number of allylic oxidation sites excluding steroid dienone is 2. The molecule has 2 aromatic carbocycles. The van der Waals surface area contributed by atoms with Gasteiger partial charge in [0.15, 0.2) is 0 Å². The van der Waals surface area contributed by atoms with Crippen LogP contribution in [-0.4, -0.2) is 4.83 Å². The summed E-state index contributed by atoms with van der Waals surface area (Å²) in [5, 5.41) is 0. The summed E-state index contributed by atoms with van der Waals surface area (Å²) in [5.74, 6) is 0. The van der Waals surface area contributed by atoms with Crippen LogP contribution in [0, 0.1) is 5.41 Å². The molecule has 1 atom stereocenters. The van der Waals surface area contributed by atoms with Gasteiger partial charge in [0.1, 0.15) is 0 Å². The van der Waals surface area contributed by atoms with Crippen molar-refractivity contribution in [3.8, 4) is 0 Å². The molecule has 0 aliphatic heterocycles. The van der Waals surface area contributed by atoms with Gasteiger partial charge in [-0.1, -0.05) is 88.7 Å². The highest BCUT2D eigenvalue weighted by atomic mass is 79.9. The maximum absolute atomic E-state index is 3.72. The van der Waals surface area contributed by atoms with E-state index in [1.54, 1.807) is 0 Å². The topological polar surface area (TPSA) is 0 Å². The largest absolute Gasteiger partial charge is 0.0845 e. The maximum Gasteiger partial charge on any atom is 0.0325 e. The summed E-state index contributed by atoms with van der Waals surface area (Å²) in [7, 11) is 0. The molecule has 0 spiro atoms. The van der Waals surface area contributed by atoms with Crippen molar-refractivity contribution in [1.29, 1.82) is 0 Å². The number of rotatable bonds is 4. The molecule has 3 rings (SSSR count). The smallest absolute Gasteiger partial charge is 0.0325 e. The molecule has 0 amide bonds. The lowest BCUT2D eigenvalue weighted by atomic mass is 9.70. The Balaban J connectivity index is 1.86. The molecule has 0 aromatic heterocycles. The lowest BCUT2D eigenvalue weighted by molar-refractivity contribution is 0.325. The van der Waals surface area contributed by atoms with Gasteiger partial charge < -0.3 is 0 Å². The maximum atomic E-state index is 3.72. The third kappa shape index (κ3) is 3.85. The Morgan fingerprint density at radius 1 is 0.857 bits per heavy atom. The fraction of sp³-hybridized carbons (Fsp3) is 0.300. The molecule has 108 valence electrons. The minimum atomic E-state index is 0.257. The van der Waals surface area contributed by atoms with Crippen molar-refractivity contribution in [3.05, 3.63) is 83.9 Å². The van der Waals surface area contributed by atoms with E-state index < -0.39 is 0 Å². The molecule has 0 nitrogen and oxygen atoms in total. The standard InChI is InChI=1S/C20H21Br/c21-19-11-13-20(14-12-19,15-17-7-3-1-4-8-17)16-18-9-5-2-6-10-18/h1-11,13,19H,12,14-16H2. The summed E-state index contributed by atoms with van der Waals surface area (Å²) in [6, 6.07) is 21.8. The summed E-state index contributed by atoms with van der Waals surface area (Å²) < 4.78 is 0. The minimum Gasteiger partial charge on any atom is -0.0845 e. The molecule has 2 aromatic rings. The highest BCUT2D eigenvalue weighted by molar-refractivity contribution is 9.09. The molecular weight excluding hydrogens is 320 g/mol. The van der Waals surface area contributed by atoms with Crippen LogP contribution in [0.15, 0.2) is 72.8 Å². The highest BCUT2D eigenvalue weighted by Crippen LogP contribution is 2.39. The van der Waals surface area contributed by atoms with Gasteiger partial charge in [-0.3, -0.25) is 0 Å². The molecule has 21 heavy (non-hydrogen) atoms. The number of halogens is 1. The van der Waals surface area contributed by atoms with Crippen LogP contribution in [0.5, 0.6) is 0 Å². The summed E-state index contributed by atoms with van der Waals surface area (Å²) in [5.41, 5.74) is 3.13. The van der Waals surface area contributed by atoms with Gasteiger partial charge in [-0.05, 0) is 42.2 Å². The minimum absolute atomic E-state index is 0.257. The zero-order chi connectivity index (χ0) is 14.5. The van der Waals surface area contributed by atoms with Gasteiger partial charge in [0.05, 0.1) is 0 Å². The summed E-state index contributed by atoms with van der Waals surface area (Å²) in [6.45, 7) is 0. The van der Waals surface area contributed by atoms with Crippen LogP contribution in [0.3, 0.4) is 0 Å². The molecule has 0 radical (unpaired) electrons. The van der Waals surface area contributed by atoms with E-state index in [2.05, 4.69) is 88.7 Å². The number of hydrogen-bond acceptors (Lipinski definition) is 0. The highest BCUT2D eigenvalue weighted by Gasteiger charge is 2.31. The molecule has 1 unspecified atom stereocenters. The van der Waals surface area contributed by atoms with E-state index in [0.717, 1.165) is 12.8 Å². The first kappa shape index (κ1) is 14.6. The molecule has 0 heterocycles. The fourth-order valence-electron chi connectivity index (χ4n) is 3.28. The van der Waals surface area contributed by atoms with Gasteiger partial charge in [0.2, 0.25) is 0 Å². The van der Waals surface area contributed by atoms with Crippen molar-refractivity contribution in [3.63, 3.8) is 0 Å². The van der Waals surface area contributed by atoms with E-state index in [9.17, 15) is 0 Å². The average molecular weight is 341 g/mol. The molecule has 0 fully saturated rings. The first-order valence-corrected chi connectivity index (χ1v) is 8.59. The lowest BCUT2D eigenvalue weighted by Gasteiger charge is -2.35. The molecule has 1 aliphatic carbocycles. The van der Waals surface area contributed by atoms with E-state index in [1.807, 2.05) is 0 Å². The van der Waals surface area contributed by atoms with Crippen molar-refractivity contribution in [2.75, 3.05) is 0 Å². The van der Waals surface area contributed by atoms with Crippen LogP contribution < -0.4 is 0 Å². The Kier molecular flexibility index (Phi) is 4.60. The SMILES string of the molecule is BrC1C=CC(Cc2ccccc2)(Cc2ccccc2)CC1. The lowest BCUT2D eigenvalue weighted by Crippen LogP contribution is -2.28. The van der Waals surface area contributed by atoms with E-state index in [4.69, 9.17) is 0 Å². The first-order valence-electron chi connectivity index (χ1n) is 7.67. The second-order valence-electron chi connectivity index (χ2n) is 6.10. The van der Waals surface area contributed by atoms with Crippen LogP contribution in [0.4, 0.5) is 0 Å². The van der Waals surface area contributed by atoms with Crippen molar-refractivity contribution in [2.24, 2.45) is 5.41 Å². The second kappa shape index (κ2) is 6.62. The fourth-order valence-corrected chi connectivity index (χ4v) is 3.66.